The van der Waals surface area contributed by atoms with Gasteiger partial charge in [0.05, 0.1) is 28.7 Å². The van der Waals surface area contributed by atoms with Crippen molar-refractivity contribution in [2.45, 2.75) is 5.88 Å². The topological polar surface area (TPSA) is 39.9 Å². The summed E-state index contributed by atoms with van der Waals surface area (Å²) in [6.45, 7) is 0. The number of hydrogen-bond acceptors (Lipinski definition) is 3. The van der Waals surface area contributed by atoms with Crippen molar-refractivity contribution in [3.05, 3.63) is 46.3 Å². The Morgan fingerprint density at radius 3 is 2.76 bits per heavy atom. The number of methoxy groups -OCH3 is 1. The molecular formula is C14H10Cl3N3O. The normalized spacial score (nSPS) is 11.0. The summed E-state index contributed by atoms with van der Waals surface area (Å²) in [4.78, 5) is 8.80. The Kier molecular flexibility index (Phi) is 3.93. The van der Waals surface area contributed by atoms with E-state index in [1.54, 1.807) is 25.4 Å². The van der Waals surface area contributed by atoms with Gasteiger partial charge in [0.25, 0.3) is 0 Å². The van der Waals surface area contributed by atoms with E-state index in [1.807, 2.05) is 16.7 Å². The first-order chi connectivity index (χ1) is 10.1. The number of alkyl halides is 1. The summed E-state index contributed by atoms with van der Waals surface area (Å²) in [5, 5.41) is 1.07. The number of rotatable bonds is 3. The van der Waals surface area contributed by atoms with Gasteiger partial charge in [-0.05, 0) is 18.2 Å². The minimum Gasteiger partial charge on any atom is -0.495 e. The number of benzene rings is 1. The van der Waals surface area contributed by atoms with Crippen LogP contribution in [-0.2, 0) is 5.88 Å². The highest BCUT2D eigenvalue weighted by Crippen LogP contribution is 2.30. The second-order valence-electron chi connectivity index (χ2n) is 4.31. The van der Waals surface area contributed by atoms with Crippen LogP contribution in [-0.4, -0.2) is 21.6 Å². The summed E-state index contributed by atoms with van der Waals surface area (Å²) in [5.41, 5.74) is 2.19. The third-order valence-corrected chi connectivity index (χ3v) is 3.80. The first-order valence-electron chi connectivity index (χ1n) is 6.07. The van der Waals surface area contributed by atoms with Crippen LogP contribution in [0.3, 0.4) is 0 Å². The average Bonchev–Trinajstić information content (AvgIpc) is 2.85. The molecule has 2 heterocycles. The Morgan fingerprint density at radius 2 is 2.05 bits per heavy atom. The first-order valence-corrected chi connectivity index (χ1v) is 7.36. The van der Waals surface area contributed by atoms with Crippen molar-refractivity contribution in [2.75, 3.05) is 7.11 Å². The summed E-state index contributed by atoms with van der Waals surface area (Å²) in [7, 11) is 1.57. The molecule has 0 N–H and O–H groups in total. The smallest absolute Gasteiger partial charge is 0.164 e. The molecule has 108 valence electrons. The van der Waals surface area contributed by atoms with E-state index >= 15 is 0 Å². The lowest BCUT2D eigenvalue weighted by atomic mass is 10.3. The highest BCUT2D eigenvalue weighted by Gasteiger charge is 2.14. The summed E-state index contributed by atoms with van der Waals surface area (Å²) >= 11 is 18.0. The number of halogens is 3. The van der Waals surface area contributed by atoms with E-state index in [1.165, 1.54) is 0 Å². The number of fused-ring (bicyclic) bond motifs is 1. The van der Waals surface area contributed by atoms with E-state index in [-0.39, 0.29) is 5.88 Å². The van der Waals surface area contributed by atoms with Gasteiger partial charge in [0, 0.05) is 12.3 Å². The highest BCUT2D eigenvalue weighted by atomic mass is 35.5. The fourth-order valence-corrected chi connectivity index (χ4v) is 2.66. The Hall–Kier alpha value is -1.49. The molecule has 3 rings (SSSR count). The zero-order valence-corrected chi connectivity index (χ0v) is 13.2. The van der Waals surface area contributed by atoms with Crippen LogP contribution < -0.4 is 4.74 Å². The van der Waals surface area contributed by atoms with E-state index in [4.69, 9.17) is 39.5 Å². The Balaban J connectivity index is 2.28. The van der Waals surface area contributed by atoms with Gasteiger partial charge in [0.2, 0.25) is 0 Å². The van der Waals surface area contributed by atoms with Gasteiger partial charge in [-0.25, -0.2) is 9.97 Å². The molecule has 0 saturated heterocycles. The van der Waals surface area contributed by atoms with Crippen molar-refractivity contribution in [1.82, 2.24) is 14.5 Å². The third kappa shape index (κ3) is 2.55. The standard InChI is InChI=1S/C14H10Cl3N3O/c1-21-12-5-9(2-3-10(12)17)20-13(6-15)19-11-4-8(16)7-18-14(11)20/h2-5,7H,6H2,1H3. The number of ether oxygens (including phenoxy) is 1. The van der Waals surface area contributed by atoms with Crippen LogP contribution in [0.5, 0.6) is 5.75 Å². The second kappa shape index (κ2) is 5.72. The molecule has 0 aliphatic heterocycles. The molecule has 0 unspecified atom stereocenters. The van der Waals surface area contributed by atoms with E-state index < -0.39 is 0 Å². The molecule has 0 amide bonds. The summed E-state index contributed by atoms with van der Waals surface area (Å²) in [5.74, 6) is 1.50. The molecule has 0 fully saturated rings. The van der Waals surface area contributed by atoms with Crippen molar-refractivity contribution >= 4 is 46.0 Å². The molecule has 0 aliphatic rings. The largest absolute Gasteiger partial charge is 0.495 e. The molecular weight excluding hydrogens is 333 g/mol. The molecule has 7 heteroatoms. The number of hydrogen-bond donors (Lipinski definition) is 0. The van der Waals surface area contributed by atoms with Crippen LogP contribution in [0.2, 0.25) is 10.0 Å². The molecule has 0 aliphatic carbocycles. The highest BCUT2D eigenvalue weighted by molar-refractivity contribution is 6.32. The van der Waals surface area contributed by atoms with Gasteiger partial charge < -0.3 is 4.74 Å². The van der Waals surface area contributed by atoms with Crippen LogP contribution in [0.4, 0.5) is 0 Å². The van der Waals surface area contributed by atoms with Gasteiger partial charge in [-0.1, -0.05) is 23.2 Å². The van der Waals surface area contributed by atoms with Gasteiger partial charge >= 0.3 is 0 Å². The maximum atomic E-state index is 6.06. The van der Waals surface area contributed by atoms with Gasteiger partial charge in [0.15, 0.2) is 5.65 Å². The molecule has 0 spiro atoms. The fraction of sp³-hybridized carbons (Fsp3) is 0.143. The lowest BCUT2D eigenvalue weighted by molar-refractivity contribution is 0.415. The lowest BCUT2D eigenvalue weighted by Crippen LogP contribution is -2.01. The van der Waals surface area contributed by atoms with Gasteiger partial charge in [0.1, 0.15) is 17.1 Å². The molecule has 4 nitrogen and oxygen atoms in total. The molecule has 21 heavy (non-hydrogen) atoms. The Labute approximate surface area is 136 Å². The van der Waals surface area contributed by atoms with Crippen molar-refractivity contribution in [2.24, 2.45) is 0 Å². The van der Waals surface area contributed by atoms with Crippen molar-refractivity contribution in [1.29, 1.82) is 0 Å². The lowest BCUT2D eigenvalue weighted by Gasteiger charge is -2.10. The molecule has 0 atom stereocenters. The maximum Gasteiger partial charge on any atom is 0.164 e. The fourth-order valence-electron chi connectivity index (χ4n) is 2.14. The van der Waals surface area contributed by atoms with E-state index in [2.05, 4.69) is 9.97 Å². The van der Waals surface area contributed by atoms with E-state index in [9.17, 15) is 0 Å². The van der Waals surface area contributed by atoms with Crippen LogP contribution in [0.1, 0.15) is 5.82 Å². The quantitative estimate of drug-likeness (QED) is 0.659. The zero-order chi connectivity index (χ0) is 15.0. The monoisotopic (exact) mass is 341 g/mol. The number of imidazole rings is 1. The molecule has 2 aromatic heterocycles. The molecule has 0 saturated carbocycles. The van der Waals surface area contributed by atoms with E-state index in [0.717, 1.165) is 5.69 Å². The van der Waals surface area contributed by atoms with Crippen LogP contribution in [0, 0.1) is 0 Å². The second-order valence-corrected chi connectivity index (χ2v) is 5.42. The van der Waals surface area contributed by atoms with Crippen molar-refractivity contribution in [3.8, 4) is 11.4 Å². The number of aromatic nitrogens is 3. The van der Waals surface area contributed by atoms with E-state index in [0.29, 0.717) is 32.8 Å². The van der Waals surface area contributed by atoms with Crippen LogP contribution >= 0.6 is 34.8 Å². The maximum absolute atomic E-state index is 6.06. The van der Waals surface area contributed by atoms with Crippen LogP contribution in [0.25, 0.3) is 16.9 Å². The third-order valence-electron chi connectivity index (χ3n) is 3.05. The average molecular weight is 343 g/mol. The SMILES string of the molecule is COc1cc(-n2c(CCl)nc3cc(Cl)cnc32)ccc1Cl. The molecule has 0 bridgehead atoms. The molecule has 0 radical (unpaired) electrons. The first kappa shape index (κ1) is 14.4. The summed E-state index contributed by atoms with van der Waals surface area (Å²) < 4.78 is 7.11. The number of nitrogens with zero attached hydrogens (tertiary/aromatic N) is 3. The van der Waals surface area contributed by atoms with Crippen LogP contribution in [0.15, 0.2) is 30.5 Å². The Bertz CT molecular complexity index is 817. The molecule has 3 aromatic rings. The Morgan fingerprint density at radius 1 is 1.24 bits per heavy atom. The number of pyridine rings is 1. The minimum absolute atomic E-state index is 0.249. The predicted octanol–water partition coefficient (Wildman–Crippen LogP) is 4.47. The minimum atomic E-state index is 0.249. The van der Waals surface area contributed by atoms with Crippen molar-refractivity contribution in [3.63, 3.8) is 0 Å². The summed E-state index contributed by atoms with van der Waals surface area (Å²) in [6, 6.07) is 7.19. The zero-order valence-electron chi connectivity index (χ0n) is 11.0. The predicted molar refractivity (Wildman–Crippen MR) is 85.0 cm³/mol. The van der Waals surface area contributed by atoms with Crippen molar-refractivity contribution < 1.29 is 4.74 Å². The molecule has 1 aromatic carbocycles. The van der Waals surface area contributed by atoms with Gasteiger partial charge in [-0.3, -0.25) is 4.57 Å². The summed E-state index contributed by atoms with van der Waals surface area (Å²) in [6.07, 6.45) is 1.58. The van der Waals surface area contributed by atoms with Gasteiger partial charge in [-0.2, -0.15) is 0 Å². The van der Waals surface area contributed by atoms with Gasteiger partial charge in [-0.15, -0.1) is 11.6 Å².